The summed E-state index contributed by atoms with van der Waals surface area (Å²) in [5, 5.41) is 9.04. The largest absolute Gasteiger partial charge is 0.393 e. The van der Waals surface area contributed by atoms with Crippen LogP contribution in [0.5, 0.6) is 0 Å². The highest BCUT2D eigenvalue weighted by Crippen LogP contribution is 2.05. The molecule has 1 atom stereocenters. The molecule has 1 rings (SSSR count). The zero-order valence-corrected chi connectivity index (χ0v) is 7.60. The highest BCUT2D eigenvalue weighted by molar-refractivity contribution is 5.94. The number of cyclic esters (lactones) is 4. The third kappa shape index (κ3) is 3.47. The summed E-state index contributed by atoms with van der Waals surface area (Å²) in [4.78, 5) is 43.4. The molecule has 82 valence electrons. The third-order valence-corrected chi connectivity index (χ3v) is 1.61. The van der Waals surface area contributed by atoms with Gasteiger partial charge in [-0.15, -0.1) is 0 Å². The van der Waals surface area contributed by atoms with Crippen LogP contribution in [0, 0.1) is 0 Å². The van der Waals surface area contributed by atoms with Crippen LogP contribution in [0.25, 0.3) is 0 Å². The van der Waals surface area contributed by atoms with Crippen LogP contribution in [-0.2, 0) is 28.7 Å². The lowest BCUT2D eigenvalue weighted by molar-refractivity contribution is -0.174. The Morgan fingerprint density at radius 3 is 2.07 bits per heavy atom. The Bertz CT molecular complexity index is 319. The van der Waals surface area contributed by atoms with Crippen molar-refractivity contribution < 1.29 is 33.8 Å². The van der Waals surface area contributed by atoms with Gasteiger partial charge in [-0.2, -0.15) is 0 Å². The predicted octanol–water partition coefficient (Wildman–Crippen LogP) is -1.33. The Morgan fingerprint density at radius 1 is 0.933 bits per heavy atom. The van der Waals surface area contributed by atoms with Crippen molar-refractivity contribution in [3.05, 3.63) is 0 Å². The normalized spacial score (nSPS) is 24.5. The molecule has 15 heavy (non-hydrogen) atoms. The van der Waals surface area contributed by atoms with Gasteiger partial charge in [0.25, 0.3) is 0 Å². The minimum Gasteiger partial charge on any atom is -0.393 e. The summed E-state index contributed by atoms with van der Waals surface area (Å²) < 4.78 is 8.34. The number of aliphatic hydroxyl groups is 1. The van der Waals surface area contributed by atoms with Gasteiger partial charge in [0.15, 0.2) is 6.10 Å². The molecular formula is C8H8O7. The molecule has 0 spiro atoms. The molecule has 0 saturated carbocycles. The van der Waals surface area contributed by atoms with Crippen LogP contribution in [0.15, 0.2) is 0 Å². The summed E-state index contributed by atoms with van der Waals surface area (Å²) in [5.41, 5.74) is 0. The van der Waals surface area contributed by atoms with Crippen molar-refractivity contribution in [3.8, 4) is 0 Å². The first-order valence-electron chi connectivity index (χ1n) is 4.15. The van der Waals surface area contributed by atoms with E-state index in [1.165, 1.54) is 0 Å². The molecule has 1 heterocycles. The smallest absolute Gasteiger partial charge is 0.343 e. The molecule has 1 N–H and O–H groups in total. The maximum atomic E-state index is 10.9. The molecule has 1 unspecified atom stereocenters. The second-order valence-electron chi connectivity index (χ2n) is 2.86. The number of aliphatic hydroxyl groups excluding tert-OH is 1. The Morgan fingerprint density at radius 2 is 1.47 bits per heavy atom. The molecule has 1 fully saturated rings. The number of hydrogen-bond donors (Lipinski definition) is 1. The molecule has 1 aliphatic rings. The standard InChI is InChI=1S/C8H8O7/c9-4-3-7(12)14-5(10)1-2-6(11)15-8(4)13/h4,9H,1-3H2. The number of esters is 4. The molecule has 1 aliphatic heterocycles. The van der Waals surface area contributed by atoms with Gasteiger partial charge in [0.1, 0.15) is 0 Å². The van der Waals surface area contributed by atoms with E-state index < -0.39 is 36.4 Å². The molecular weight excluding hydrogens is 208 g/mol. The average Bonchev–Trinajstić information content (AvgIpc) is 2.13. The van der Waals surface area contributed by atoms with Crippen molar-refractivity contribution in [3.63, 3.8) is 0 Å². The number of carbonyl (C=O) groups excluding carboxylic acids is 4. The predicted molar refractivity (Wildman–Crippen MR) is 42.1 cm³/mol. The number of carbonyl (C=O) groups is 4. The van der Waals surface area contributed by atoms with Gasteiger partial charge in [-0.3, -0.25) is 14.4 Å². The van der Waals surface area contributed by atoms with Gasteiger partial charge in [-0.05, 0) is 0 Å². The molecule has 0 radical (unpaired) electrons. The van der Waals surface area contributed by atoms with E-state index in [1.54, 1.807) is 0 Å². The van der Waals surface area contributed by atoms with Gasteiger partial charge in [0.2, 0.25) is 0 Å². The number of rotatable bonds is 0. The summed E-state index contributed by atoms with van der Waals surface area (Å²) in [6.07, 6.45) is -3.21. The molecule has 0 aromatic heterocycles. The van der Waals surface area contributed by atoms with E-state index in [9.17, 15) is 19.2 Å². The van der Waals surface area contributed by atoms with Crippen molar-refractivity contribution >= 4 is 23.9 Å². The Labute approximate surface area is 84.0 Å². The van der Waals surface area contributed by atoms with Crippen molar-refractivity contribution in [1.82, 2.24) is 0 Å². The topological polar surface area (TPSA) is 107 Å². The van der Waals surface area contributed by atoms with E-state index in [4.69, 9.17) is 5.11 Å². The molecule has 7 nitrogen and oxygen atoms in total. The molecule has 0 bridgehead atoms. The van der Waals surface area contributed by atoms with Gasteiger partial charge in [0, 0.05) is 0 Å². The van der Waals surface area contributed by atoms with E-state index in [1.807, 2.05) is 0 Å². The van der Waals surface area contributed by atoms with Crippen LogP contribution >= 0.6 is 0 Å². The van der Waals surface area contributed by atoms with E-state index in [-0.39, 0.29) is 12.8 Å². The SMILES string of the molecule is O=C1CCC(=O)OC(=O)C(O)CC(=O)O1. The van der Waals surface area contributed by atoms with Crippen LogP contribution in [-0.4, -0.2) is 35.1 Å². The first-order valence-corrected chi connectivity index (χ1v) is 4.15. The lowest BCUT2D eigenvalue weighted by Crippen LogP contribution is -2.31. The summed E-state index contributed by atoms with van der Waals surface area (Å²) >= 11 is 0. The lowest BCUT2D eigenvalue weighted by Gasteiger charge is -2.10. The van der Waals surface area contributed by atoms with Gasteiger partial charge in [-0.1, -0.05) is 0 Å². The Hall–Kier alpha value is -1.76. The zero-order chi connectivity index (χ0) is 11.4. The summed E-state index contributed by atoms with van der Waals surface area (Å²) in [5.74, 6) is -4.08. The number of hydrogen-bond acceptors (Lipinski definition) is 7. The van der Waals surface area contributed by atoms with Gasteiger partial charge in [0.05, 0.1) is 19.3 Å². The van der Waals surface area contributed by atoms with E-state index in [2.05, 4.69) is 9.47 Å². The van der Waals surface area contributed by atoms with Gasteiger partial charge < -0.3 is 14.6 Å². The maximum absolute atomic E-state index is 10.9. The zero-order valence-electron chi connectivity index (χ0n) is 7.60. The highest BCUT2D eigenvalue weighted by Gasteiger charge is 2.27. The minimum absolute atomic E-state index is 0.339. The third-order valence-electron chi connectivity index (χ3n) is 1.61. The van der Waals surface area contributed by atoms with Crippen molar-refractivity contribution in [2.75, 3.05) is 0 Å². The molecule has 7 heteroatoms. The Kier molecular flexibility index (Phi) is 3.51. The molecule has 0 aliphatic carbocycles. The molecule has 1 saturated heterocycles. The molecule has 0 amide bonds. The van der Waals surface area contributed by atoms with E-state index in [0.717, 1.165) is 0 Å². The summed E-state index contributed by atoms with van der Waals surface area (Å²) in [6.45, 7) is 0. The van der Waals surface area contributed by atoms with E-state index >= 15 is 0 Å². The van der Waals surface area contributed by atoms with Crippen molar-refractivity contribution in [1.29, 1.82) is 0 Å². The number of ether oxygens (including phenoxy) is 2. The van der Waals surface area contributed by atoms with Gasteiger partial charge >= 0.3 is 23.9 Å². The van der Waals surface area contributed by atoms with Crippen molar-refractivity contribution in [2.45, 2.75) is 25.4 Å². The Balaban J connectivity index is 2.71. The second-order valence-corrected chi connectivity index (χ2v) is 2.86. The highest BCUT2D eigenvalue weighted by atomic mass is 16.6. The van der Waals surface area contributed by atoms with Crippen LogP contribution in [0.2, 0.25) is 0 Å². The quantitative estimate of drug-likeness (QED) is 0.395. The second kappa shape index (κ2) is 4.65. The van der Waals surface area contributed by atoms with Crippen LogP contribution < -0.4 is 0 Å². The first-order chi connectivity index (χ1) is 6.99. The van der Waals surface area contributed by atoms with E-state index in [0.29, 0.717) is 0 Å². The van der Waals surface area contributed by atoms with Crippen LogP contribution in [0.1, 0.15) is 19.3 Å². The average molecular weight is 216 g/mol. The maximum Gasteiger partial charge on any atom is 0.343 e. The van der Waals surface area contributed by atoms with Crippen molar-refractivity contribution in [2.24, 2.45) is 0 Å². The summed E-state index contributed by atoms with van der Waals surface area (Å²) in [7, 11) is 0. The first kappa shape index (κ1) is 11.3. The summed E-state index contributed by atoms with van der Waals surface area (Å²) in [6, 6.07) is 0. The van der Waals surface area contributed by atoms with Crippen LogP contribution in [0.4, 0.5) is 0 Å². The fourth-order valence-electron chi connectivity index (χ4n) is 0.896. The fourth-order valence-corrected chi connectivity index (χ4v) is 0.896. The lowest BCUT2D eigenvalue weighted by atomic mass is 10.2. The minimum atomic E-state index is -1.78. The monoisotopic (exact) mass is 216 g/mol. The van der Waals surface area contributed by atoms with Gasteiger partial charge in [-0.25, -0.2) is 4.79 Å². The molecule has 0 aromatic rings. The fraction of sp³-hybridized carbons (Fsp3) is 0.500. The molecule has 0 aromatic carbocycles. The van der Waals surface area contributed by atoms with Crippen LogP contribution in [0.3, 0.4) is 0 Å².